The first-order valence-corrected chi connectivity index (χ1v) is 12.7. The number of benzene rings is 1. The Morgan fingerprint density at radius 2 is 1.71 bits per heavy atom. The predicted molar refractivity (Wildman–Crippen MR) is 119 cm³/mol. The van der Waals surface area contributed by atoms with Crippen LogP contribution in [-0.2, 0) is 19.6 Å². The number of amides is 2. The van der Waals surface area contributed by atoms with Gasteiger partial charge in [0.2, 0.25) is 21.8 Å². The summed E-state index contributed by atoms with van der Waals surface area (Å²) in [6.45, 7) is 3.73. The van der Waals surface area contributed by atoms with Crippen LogP contribution >= 0.6 is 0 Å². The number of carbonyl (C=O) groups excluding carboxylic acids is 2. The summed E-state index contributed by atoms with van der Waals surface area (Å²) < 4.78 is 33.2. The van der Waals surface area contributed by atoms with E-state index in [1.165, 1.54) is 16.4 Å². The van der Waals surface area contributed by atoms with Gasteiger partial charge in [-0.2, -0.15) is 4.31 Å². The largest absolute Gasteiger partial charge is 0.492 e. The number of sulfonamides is 1. The van der Waals surface area contributed by atoms with Crippen LogP contribution in [0.2, 0.25) is 0 Å². The van der Waals surface area contributed by atoms with Crippen molar-refractivity contribution in [2.75, 3.05) is 38.1 Å². The fraction of sp³-hybridized carbons (Fsp3) is 0.636. The molecule has 0 saturated carbocycles. The van der Waals surface area contributed by atoms with E-state index in [1.54, 1.807) is 11.0 Å². The topological polar surface area (TPSA) is 96.0 Å². The maximum atomic E-state index is 13.0. The van der Waals surface area contributed by atoms with Crippen molar-refractivity contribution in [3.05, 3.63) is 18.2 Å². The molecule has 2 amide bonds. The maximum absolute atomic E-state index is 13.0. The third kappa shape index (κ3) is 6.20. The Bertz CT molecular complexity index is 881. The second-order valence-corrected chi connectivity index (χ2v) is 10.0. The molecular weight excluding hydrogens is 418 g/mol. The number of carbonyl (C=O) groups is 2. The van der Waals surface area contributed by atoms with Gasteiger partial charge >= 0.3 is 0 Å². The molecule has 0 atom stereocenters. The highest BCUT2D eigenvalue weighted by Gasteiger charge is 2.27. The van der Waals surface area contributed by atoms with Gasteiger partial charge in [-0.1, -0.05) is 19.3 Å². The van der Waals surface area contributed by atoms with E-state index in [-0.39, 0.29) is 23.3 Å². The van der Waals surface area contributed by atoms with E-state index >= 15 is 0 Å². The highest BCUT2D eigenvalue weighted by Crippen LogP contribution is 2.30. The Labute approximate surface area is 185 Å². The second-order valence-electron chi connectivity index (χ2n) is 8.08. The highest BCUT2D eigenvalue weighted by molar-refractivity contribution is 7.89. The molecule has 2 aliphatic heterocycles. The second kappa shape index (κ2) is 10.9. The van der Waals surface area contributed by atoms with Gasteiger partial charge in [-0.05, 0) is 50.8 Å². The van der Waals surface area contributed by atoms with Gasteiger partial charge < -0.3 is 15.0 Å². The van der Waals surface area contributed by atoms with Crippen LogP contribution in [-0.4, -0.2) is 62.2 Å². The van der Waals surface area contributed by atoms with Crippen LogP contribution < -0.4 is 10.1 Å². The number of piperidine rings is 1. The summed E-state index contributed by atoms with van der Waals surface area (Å²) >= 11 is 0. The summed E-state index contributed by atoms with van der Waals surface area (Å²) in [6, 6.07) is 4.56. The van der Waals surface area contributed by atoms with Crippen LogP contribution in [0.1, 0.15) is 58.3 Å². The zero-order chi connectivity index (χ0) is 22.3. The highest BCUT2D eigenvalue weighted by atomic mass is 32.2. The molecule has 0 bridgehead atoms. The zero-order valence-electron chi connectivity index (χ0n) is 18.3. The molecule has 2 saturated heterocycles. The smallest absolute Gasteiger partial charge is 0.244 e. The molecule has 0 spiro atoms. The monoisotopic (exact) mass is 451 g/mol. The van der Waals surface area contributed by atoms with Crippen molar-refractivity contribution in [1.29, 1.82) is 0 Å². The minimum absolute atomic E-state index is 0.0127. The molecule has 2 heterocycles. The van der Waals surface area contributed by atoms with Gasteiger partial charge in [-0.15, -0.1) is 0 Å². The molecule has 1 aromatic rings. The number of nitrogens with one attached hydrogen (secondary N) is 1. The Hall–Kier alpha value is -2.13. The number of ether oxygens (including phenoxy) is 1. The lowest BCUT2D eigenvalue weighted by atomic mass is 10.1. The third-order valence-corrected chi connectivity index (χ3v) is 7.63. The number of nitrogens with zero attached hydrogens (tertiary/aromatic N) is 2. The number of likely N-dealkylation sites (tertiary alicyclic amines) is 1. The van der Waals surface area contributed by atoms with E-state index in [0.717, 1.165) is 44.9 Å². The number of rotatable bonds is 7. The van der Waals surface area contributed by atoms with Gasteiger partial charge in [0.15, 0.2) is 0 Å². The Morgan fingerprint density at radius 3 is 2.45 bits per heavy atom. The van der Waals surface area contributed by atoms with Gasteiger partial charge in [0, 0.05) is 26.1 Å². The van der Waals surface area contributed by atoms with Crippen LogP contribution in [0.25, 0.3) is 0 Å². The lowest BCUT2D eigenvalue weighted by Crippen LogP contribution is -2.39. The van der Waals surface area contributed by atoms with Gasteiger partial charge in [0.1, 0.15) is 5.75 Å². The molecule has 31 heavy (non-hydrogen) atoms. The van der Waals surface area contributed by atoms with Crippen LogP contribution in [0.5, 0.6) is 5.75 Å². The first-order valence-electron chi connectivity index (χ1n) is 11.3. The molecule has 0 radical (unpaired) electrons. The van der Waals surface area contributed by atoms with E-state index in [4.69, 9.17) is 4.74 Å². The standard InChI is InChI=1S/C22H33N3O5S/c1-2-30-20-12-11-18(31(28,29)25-14-8-5-9-15-25)16-19(20)23-21(26)17-24-13-7-4-3-6-10-22(24)27/h11-12,16H,2-10,13-15,17H2,1H3,(H,23,26). The van der Waals surface area contributed by atoms with E-state index in [0.29, 0.717) is 44.1 Å². The molecule has 1 aromatic carbocycles. The Kier molecular flexibility index (Phi) is 8.31. The first kappa shape index (κ1) is 23.5. The maximum Gasteiger partial charge on any atom is 0.244 e. The van der Waals surface area contributed by atoms with Crippen molar-refractivity contribution >= 4 is 27.5 Å². The predicted octanol–water partition coefficient (Wildman–Crippen LogP) is 2.99. The SMILES string of the molecule is CCOc1ccc(S(=O)(=O)N2CCCCC2)cc1NC(=O)CN1CCCCCCC1=O. The van der Waals surface area contributed by atoms with E-state index in [1.807, 2.05) is 6.92 Å². The van der Waals surface area contributed by atoms with Crippen molar-refractivity contribution < 1.29 is 22.7 Å². The van der Waals surface area contributed by atoms with Gasteiger partial charge in [0.05, 0.1) is 23.7 Å². The zero-order valence-corrected chi connectivity index (χ0v) is 19.1. The molecule has 3 rings (SSSR count). The summed E-state index contributed by atoms with van der Waals surface area (Å²) in [5.41, 5.74) is 0.310. The molecule has 0 aliphatic carbocycles. The minimum Gasteiger partial charge on any atom is -0.492 e. The van der Waals surface area contributed by atoms with Crippen molar-refractivity contribution in [2.45, 2.75) is 63.2 Å². The van der Waals surface area contributed by atoms with Crippen molar-refractivity contribution in [3.63, 3.8) is 0 Å². The van der Waals surface area contributed by atoms with E-state index in [2.05, 4.69) is 5.32 Å². The summed E-state index contributed by atoms with van der Waals surface area (Å²) in [7, 11) is -3.63. The average molecular weight is 452 g/mol. The van der Waals surface area contributed by atoms with E-state index < -0.39 is 10.0 Å². The lowest BCUT2D eigenvalue weighted by Gasteiger charge is -2.26. The molecule has 172 valence electrons. The lowest BCUT2D eigenvalue weighted by molar-refractivity contribution is -0.135. The minimum atomic E-state index is -3.63. The fourth-order valence-electron chi connectivity index (χ4n) is 4.05. The van der Waals surface area contributed by atoms with Gasteiger partial charge in [0.25, 0.3) is 0 Å². The molecule has 0 unspecified atom stereocenters. The molecule has 0 aromatic heterocycles. The van der Waals surface area contributed by atoms with Crippen LogP contribution in [0.3, 0.4) is 0 Å². The molecule has 9 heteroatoms. The number of anilines is 1. The molecular formula is C22H33N3O5S. The van der Waals surface area contributed by atoms with Crippen LogP contribution in [0, 0.1) is 0 Å². The quantitative estimate of drug-likeness (QED) is 0.688. The van der Waals surface area contributed by atoms with Gasteiger partial charge in [-0.25, -0.2) is 8.42 Å². The van der Waals surface area contributed by atoms with Crippen molar-refractivity contribution in [1.82, 2.24) is 9.21 Å². The summed E-state index contributed by atoms with van der Waals surface area (Å²) in [4.78, 5) is 26.8. The van der Waals surface area contributed by atoms with Crippen molar-refractivity contribution in [3.8, 4) is 5.75 Å². The molecule has 2 aliphatic rings. The summed E-state index contributed by atoms with van der Waals surface area (Å²) in [6.07, 6.45) is 7.02. The average Bonchev–Trinajstić information content (AvgIpc) is 2.75. The van der Waals surface area contributed by atoms with Crippen LogP contribution in [0.15, 0.2) is 23.1 Å². The summed E-state index contributed by atoms with van der Waals surface area (Å²) in [5.74, 6) is 0.0381. The fourth-order valence-corrected chi connectivity index (χ4v) is 5.59. The van der Waals surface area contributed by atoms with Gasteiger partial charge in [-0.3, -0.25) is 9.59 Å². The van der Waals surface area contributed by atoms with Crippen molar-refractivity contribution in [2.24, 2.45) is 0 Å². The molecule has 1 N–H and O–H groups in total. The third-order valence-electron chi connectivity index (χ3n) is 5.73. The van der Waals surface area contributed by atoms with E-state index in [9.17, 15) is 18.0 Å². The Balaban J connectivity index is 1.77. The number of hydrogen-bond acceptors (Lipinski definition) is 5. The summed E-state index contributed by atoms with van der Waals surface area (Å²) in [5, 5.41) is 2.77. The Morgan fingerprint density at radius 1 is 1.03 bits per heavy atom. The molecule has 8 nitrogen and oxygen atoms in total. The normalized spacial score (nSPS) is 18.9. The first-order chi connectivity index (χ1) is 14.9. The van der Waals surface area contributed by atoms with Crippen LogP contribution in [0.4, 0.5) is 5.69 Å². The number of hydrogen-bond donors (Lipinski definition) is 1. The molecule has 2 fully saturated rings.